The van der Waals surface area contributed by atoms with Crippen molar-refractivity contribution in [1.29, 1.82) is 0 Å². The molecule has 0 aromatic heterocycles. The number of phenols is 3. The van der Waals surface area contributed by atoms with E-state index in [-0.39, 0.29) is 16.9 Å². The van der Waals surface area contributed by atoms with Crippen LogP contribution >= 0.6 is 12.6 Å². The van der Waals surface area contributed by atoms with Gasteiger partial charge in [0.15, 0.2) is 0 Å². The number of phenolic OH excluding ortho intramolecular Hbond substituents is 3. The lowest BCUT2D eigenvalue weighted by atomic mass is 9.69. The number of aryl methyl sites for hydroxylation is 4. The van der Waals surface area contributed by atoms with Crippen molar-refractivity contribution in [1.82, 2.24) is 0 Å². The van der Waals surface area contributed by atoms with E-state index in [4.69, 9.17) is 0 Å². The molecule has 0 aliphatic carbocycles. The summed E-state index contributed by atoms with van der Waals surface area (Å²) in [4.78, 5) is 0.535. The highest BCUT2D eigenvalue weighted by atomic mass is 32.1. The standard InChI is InChI=1S/C33H36O3S/c1-19-14-25(12-13-28(19)34)33(7,27-17-22(4)31(36)29(37)18-27)24-10-8-23(9-11-24)32(5,6)26-15-20(2)30(35)21(3)16-26/h8-18,34-37H,1-7H3. The van der Waals surface area contributed by atoms with Crippen molar-refractivity contribution in [3.05, 3.63) is 117 Å². The first-order chi connectivity index (χ1) is 17.3. The number of aromatic hydroxyl groups is 3. The average molecular weight is 513 g/mol. The van der Waals surface area contributed by atoms with Gasteiger partial charge in [0.05, 0.1) is 0 Å². The Kier molecular flexibility index (Phi) is 6.85. The van der Waals surface area contributed by atoms with Gasteiger partial charge in [-0.3, -0.25) is 0 Å². The van der Waals surface area contributed by atoms with Crippen LogP contribution in [0.3, 0.4) is 0 Å². The lowest BCUT2D eigenvalue weighted by molar-refractivity contribution is 0.457. The maximum Gasteiger partial charge on any atom is 0.131 e. The molecule has 0 spiro atoms. The number of thiol groups is 1. The minimum absolute atomic E-state index is 0.188. The third kappa shape index (κ3) is 4.59. The minimum atomic E-state index is -0.553. The van der Waals surface area contributed by atoms with Crippen LogP contribution in [0, 0.1) is 27.7 Å². The zero-order valence-corrected chi connectivity index (χ0v) is 23.5. The fourth-order valence-electron chi connectivity index (χ4n) is 5.22. The molecule has 1 unspecified atom stereocenters. The largest absolute Gasteiger partial charge is 0.508 e. The normalized spacial score (nSPS) is 13.4. The summed E-state index contributed by atoms with van der Waals surface area (Å²) in [5.74, 6) is 0.801. The van der Waals surface area contributed by atoms with Crippen molar-refractivity contribution < 1.29 is 15.3 Å². The van der Waals surface area contributed by atoms with Crippen molar-refractivity contribution in [3.63, 3.8) is 0 Å². The third-order valence-electron chi connectivity index (χ3n) is 8.03. The Bertz CT molecular complexity index is 1440. The molecule has 0 heterocycles. The van der Waals surface area contributed by atoms with Crippen LogP contribution in [-0.4, -0.2) is 15.3 Å². The van der Waals surface area contributed by atoms with E-state index in [0.29, 0.717) is 10.6 Å². The van der Waals surface area contributed by atoms with Crippen molar-refractivity contribution in [3.8, 4) is 17.2 Å². The van der Waals surface area contributed by atoms with E-state index in [2.05, 4.69) is 69.8 Å². The second-order valence-electron chi connectivity index (χ2n) is 10.9. The summed E-state index contributed by atoms with van der Waals surface area (Å²) in [6.07, 6.45) is 0. The van der Waals surface area contributed by atoms with Gasteiger partial charge in [-0.1, -0.05) is 68.4 Å². The lowest BCUT2D eigenvalue weighted by Crippen LogP contribution is -2.26. The van der Waals surface area contributed by atoms with E-state index in [1.54, 1.807) is 6.07 Å². The van der Waals surface area contributed by atoms with E-state index < -0.39 is 5.41 Å². The summed E-state index contributed by atoms with van der Waals surface area (Å²) in [5, 5.41) is 30.9. The van der Waals surface area contributed by atoms with Crippen LogP contribution in [-0.2, 0) is 10.8 Å². The molecule has 0 amide bonds. The molecular weight excluding hydrogens is 476 g/mol. The molecule has 0 aliphatic rings. The number of hydrogen-bond donors (Lipinski definition) is 4. The molecule has 0 radical (unpaired) electrons. The van der Waals surface area contributed by atoms with E-state index in [1.165, 1.54) is 5.56 Å². The summed E-state index contributed by atoms with van der Waals surface area (Å²) < 4.78 is 0. The molecule has 4 aromatic rings. The Morgan fingerprint density at radius 2 is 0.973 bits per heavy atom. The van der Waals surface area contributed by atoms with Gasteiger partial charge in [0.1, 0.15) is 17.2 Å². The quantitative estimate of drug-likeness (QED) is 0.162. The smallest absolute Gasteiger partial charge is 0.131 e. The summed E-state index contributed by atoms with van der Waals surface area (Å²) >= 11 is 4.54. The Hall–Kier alpha value is -3.37. The van der Waals surface area contributed by atoms with Crippen molar-refractivity contribution >= 4 is 12.6 Å². The molecule has 3 nitrogen and oxygen atoms in total. The number of hydrogen-bond acceptors (Lipinski definition) is 4. The van der Waals surface area contributed by atoms with Crippen molar-refractivity contribution in [2.45, 2.75) is 64.2 Å². The van der Waals surface area contributed by atoms with Crippen LogP contribution in [0.2, 0.25) is 0 Å². The molecule has 37 heavy (non-hydrogen) atoms. The molecule has 3 N–H and O–H groups in total. The molecule has 4 rings (SSSR count). The lowest BCUT2D eigenvalue weighted by Gasteiger charge is -2.34. The van der Waals surface area contributed by atoms with E-state index >= 15 is 0 Å². The Balaban J connectivity index is 1.88. The molecule has 0 bridgehead atoms. The molecule has 4 heteroatoms. The first kappa shape index (κ1) is 26.7. The van der Waals surface area contributed by atoms with Crippen LogP contribution < -0.4 is 0 Å². The van der Waals surface area contributed by atoms with Gasteiger partial charge in [-0.05, 0) is 96.8 Å². The van der Waals surface area contributed by atoms with E-state index in [9.17, 15) is 15.3 Å². The maximum absolute atomic E-state index is 10.4. The highest BCUT2D eigenvalue weighted by molar-refractivity contribution is 7.80. The average Bonchev–Trinajstić information content (AvgIpc) is 2.86. The van der Waals surface area contributed by atoms with Gasteiger partial charge in [-0.2, -0.15) is 0 Å². The van der Waals surface area contributed by atoms with Crippen LogP contribution in [0.1, 0.15) is 70.8 Å². The van der Waals surface area contributed by atoms with E-state index in [1.807, 2.05) is 52.0 Å². The van der Waals surface area contributed by atoms with Gasteiger partial charge >= 0.3 is 0 Å². The van der Waals surface area contributed by atoms with Crippen LogP contribution in [0.15, 0.2) is 71.6 Å². The molecule has 0 saturated heterocycles. The summed E-state index contributed by atoms with van der Waals surface area (Å²) in [6.45, 7) is 14.2. The minimum Gasteiger partial charge on any atom is -0.508 e. The monoisotopic (exact) mass is 512 g/mol. The molecule has 192 valence electrons. The number of benzene rings is 4. The summed E-state index contributed by atoms with van der Waals surface area (Å²) in [5.41, 5.74) is 7.96. The van der Waals surface area contributed by atoms with Gasteiger partial charge in [0, 0.05) is 15.7 Å². The molecule has 0 fully saturated rings. The van der Waals surface area contributed by atoms with Crippen molar-refractivity contribution in [2.75, 3.05) is 0 Å². The zero-order valence-electron chi connectivity index (χ0n) is 22.6. The molecule has 1 atom stereocenters. The Labute approximate surface area is 225 Å². The fraction of sp³-hybridized carbons (Fsp3) is 0.273. The first-order valence-corrected chi connectivity index (χ1v) is 13.0. The zero-order chi connectivity index (χ0) is 27.3. The SMILES string of the molecule is Cc1cc(C(C)(c2ccc(C(C)(C)c3cc(C)c(O)c(C)c3)cc2)c2cc(C)c(O)c(S)c2)ccc1O. The first-order valence-electron chi connectivity index (χ1n) is 12.5. The van der Waals surface area contributed by atoms with Crippen LogP contribution in [0.4, 0.5) is 0 Å². The van der Waals surface area contributed by atoms with Crippen LogP contribution in [0.25, 0.3) is 0 Å². The van der Waals surface area contributed by atoms with Gasteiger partial charge in [-0.15, -0.1) is 12.6 Å². The van der Waals surface area contributed by atoms with Gasteiger partial charge in [0.25, 0.3) is 0 Å². The Morgan fingerprint density at radius 3 is 1.51 bits per heavy atom. The number of rotatable bonds is 5. The molecule has 4 aromatic carbocycles. The van der Waals surface area contributed by atoms with Crippen molar-refractivity contribution in [2.24, 2.45) is 0 Å². The predicted molar refractivity (Wildman–Crippen MR) is 155 cm³/mol. The third-order valence-corrected chi connectivity index (χ3v) is 8.37. The summed E-state index contributed by atoms with van der Waals surface area (Å²) in [6, 6.07) is 22.5. The molecule has 0 aliphatic heterocycles. The second-order valence-corrected chi connectivity index (χ2v) is 11.4. The van der Waals surface area contributed by atoms with Crippen LogP contribution in [0.5, 0.6) is 17.2 Å². The second kappa shape index (κ2) is 9.50. The maximum atomic E-state index is 10.4. The fourth-order valence-corrected chi connectivity index (χ4v) is 5.54. The highest BCUT2D eigenvalue weighted by Crippen LogP contribution is 2.44. The highest BCUT2D eigenvalue weighted by Gasteiger charge is 2.33. The molecule has 0 saturated carbocycles. The Morgan fingerprint density at radius 1 is 0.514 bits per heavy atom. The van der Waals surface area contributed by atoms with Gasteiger partial charge in [-0.25, -0.2) is 0 Å². The molecular formula is C33H36O3S. The van der Waals surface area contributed by atoms with Gasteiger partial charge < -0.3 is 15.3 Å². The van der Waals surface area contributed by atoms with E-state index in [0.717, 1.165) is 44.5 Å². The van der Waals surface area contributed by atoms with Gasteiger partial charge in [0.2, 0.25) is 0 Å². The predicted octanol–water partition coefficient (Wildman–Crippen LogP) is 8.01. The summed E-state index contributed by atoms with van der Waals surface area (Å²) in [7, 11) is 0. The topological polar surface area (TPSA) is 60.7 Å².